The lowest BCUT2D eigenvalue weighted by Gasteiger charge is -2.02. The van der Waals surface area contributed by atoms with Crippen LogP contribution >= 0.6 is 0 Å². The van der Waals surface area contributed by atoms with Crippen LogP contribution in [-0.2, 0) is 0 Å². The zero-order chi connectivity index (χ0) is 10.8. The Morgan fingerprint density at radius 1 is 0.750 bits per heavy atom. The number of benzene rings is 1. The van der Waals surface area contributed by atoms with E-state index in [1.807, 2.05) is 42.7 Å². The molecule has 0 bridgehead atoms. The lowest BCUT2D eigenvalue weighted by Crippen LogP contribution is -1.83. The minimum atomic E-state index is 0.994. The average Bonchev–Trinajstić information content (AvgIpc) is 2.39. The van der Waals surface area contributed by atoms with Gasteiger partial charge in [0.25, 0.3) is 0 Å². The van der Waals surface area contributed by atoms with Crippen LogP contribution in [0.1, 0.15) is 0 Å². The van der Waals surface area contributed by atoms with Crippen molar-refractivity contribution in [2.24, 2.45) is 0 Å². The fourth-order valence-corrected chi connectivity index (χ4v) is 1.77. The predicted octanol–water partition coefficient (Wildman–Crippen LogP) is 3.30. The van der Waals surface area contributed by atoms with Crippen molar-refractivity contribution in [3.8, 4) is 11.3 Å². The van der Waals surface area contributed by atoms with Gasteiger partial charge in [-0.3, -0.25) is 9.97 Å². The minimum Gasteiger partial charge on any atom is -0.256 e. The Labute approximate surface area is 93.6 Å². The number of rotatable bonds is 1. The Kier molecular flexibility index (Phi) is 2.11. The van der Waals surface area contributed by atoms with Crippen LogP contribution in [0.25, 0.3) is 22.2 Å². The fourth-order valence-electron chi connectivity index (χ4n) is 1.77. The molecule has 2 nitrogen and oxygen atoms in total. The van der Waals surface area contributed by atoms with Crippen LogP contribution in [-0.4, -0.2) is 9.97 Å². The van der Waals surface area contributed by atoms with E-state index < -0.39 is 0 Å². The monoisotopic (exact) mass is 206 g/mol. The maximum atomic E-state index is 4.34. The van der Waals surface area contributed by atoms with E-state index in [0.717, 1.165) is 22.2 Å². The van der Waals surface area contributed by atoms with E-state index in [1.165, 1.54) is 0 Å². The number of pyridine rings is 2. The molecule has 3 aromatic rings. The quantitative estimate of drug-likeness (QED) is 0.610. The first-order valence-electron chi connectivity index (χ1n) is 5.20. The molecule has 76 valence electrons. The summed E-state index contributed by atoms with van der Waals surface area (Å²) in [4.78, 5) is 8.63. The molecule has 2 aromatic heterocycles. The van der Waals surface area contributed by atoms with Gasteiger partial charge in [-0.05, 0) is 30.3 Å². The Balaban J connectivity index is 2.19. The summed E-state index contributed by atoms with van der Waals surface area (Å²) in [6.45, 7) is 0. The lowest BCUT2D eigenvalue weighted by molar-refractivity contribution is 1.33. The molecule has 0 atom stereocenters. The molecular weight excluding hydrogens is 196 g/mol. The zero-order valence-electron chi connectivity index (χ0n) is 8.67. The molecule has 16 heavy (non-hydrogen) atoms. The van der Waals surface area contributed by atoms with Crippen molar-refractivity contribution < 1.29 is 0 Å². The van der Waals surface area contributed by atoms with E-state index in [0.29, 0.717) is 0 Å². The molecule has 3 rings (SSSR count). The van der Waals surface area contributed by atoms with Gasteiger partial charge in [0.05, 0.1) is 11.2 Å². The second-order valence-corrected chi connectivity index (χ2v) is 3.63. The third-order valence-corrected chi connectivity index (χ3v) is 2.56. The van der Waals surface area contributed by atoms with E-state index in [4.69, 9.17) is 0 Å². The van der Waals surface area contributed by atoms with Crippen molar-refractivity contribution in [2.45, 2.75) is 0 Å². The molecule has 0 saturated carbocycles. The third kappa shape index (κ3) is 1.54. The van der Waals surface area contributed by atoms with E-state index in [2.05, 4.69) is 28.2 Å². The van der Waals surface area contributed by atoms with Gasteiger partial charge < -0.3 is 0 Å². The summed E-state index contributed by atoms with van der Waals surface area (Å²) in [6.07, 6.45) is 3.62. The summed E-state index contributed by atoms with van der Waals surface area (Å²) in [7, 11) is 0. The molecule has 0 aliphatic heterocycles. The number of aromatic nitrogens is 2. The topological polar surface area (TPSA) is 25.8 Å². The second kappa shape index (κ2) is 3.74. The molecular formula is C14H10N2. The van der Waals surface area contributed by atoms with Crippen molar-refractivity contribution in [3.05, 3.63) is 60.9 Å². The SMILES string of the molecule is c1ccc(-c2ccc3ncccc3c2)nc1. The van der Waals surface area contributed by atoms with Gasteiger partial charge in [-0.1, -0.05) is 18.2 Å². The number of hydrogen-bond donors (Lipinski definition) is 0. The van der Waals surface area contributed by atoms with Crippen LogP contribution in [0.15, 0.2) is 60.9 Å². The Hall–Kier alpha value is -2.22. The van der Waals surface area contributed by atoms with E-state index in [9.17, 15) is 0 Å². The number of fused-ring (bicyclic) bond motifs is 1. The van der Waals surface area contributed by atoms with Crippen LogP contribution in [0.5, 0.6) is 0 Å². The molecule has 2 heteroatoms. The summed E-state index contributed by atoms with van der Waals surface area (Å²) in [5.74, 6) is 0. The first-order chi connectivity index (χ1) is 7.93. The highest BCUT2D eigenvalue weighted by atomic mass is 14.7. The largest absolute Gasteiger partial charge is 0.256 e. The molecule has 0 unspecified atom stereocenters. The lowest BCUT2D eigenvalue weighted by atomic mass is 10.1. The minimum absolute atomic E-state index is 0.994. The van der Waals surface area contributed by atoms with Crippen molar-refractivity contribution in [3.63, 3.8) is 0 Å². The van der Waals surface area contributed by atoms with Crippen molar-refractivity contribution in [1.29, 1.82) is 0 Å². The Bertz CT molecular complexity index is 618. The normalized spacial score (nSPS) is 10.5. The summed E-state index contributed by atoms with van der Waals surface area (Å²) >= 11 is 0. The first kappa shape index (κ1) is 9.04. The van der Waals surface area contributed by atoms with Gasteiger partial charge in [-0.2, -0.15) is 0 Å². The third-order valence-electron chi connectivity index (χ3n) is 2.56. The van der Waals surface area contributed by atoms with Gasteiger partial charge in [-0.15, -0.1) is 0 Å². The maximum absolute atomic E-state index is 4.34. The van der Waals surface area contributed by atoms with Crippen molar-refractivity contribution in [1.82, 2.24) is 9.97 Å². The smallest absolute Gasteiger partial charge is 0.0702 e. The molecule has 0 amide bonds. The molecule has 1 aromatic carbocycles. The molecule has 0 N–H and O–H groups in total. The molecule has 2 heterocycles. The highest BCUT2D eigenvalue weighted by molar-refractivity contribution is 5.83. The molecule has 0 fully saturated rings. The second-order valence-electron chi connectivity index (χ2n) is 3.63. The summed E-state index contributed by atoms with van der Waals surface area (Å²) in [5, 5.41) is 1.14. The fraction of sp³-hybridized carbons (Fsp3) is 0. The van der Waals surface area contributed by atoms with Gasteiger partial charge >= 0.3 is 0 Å². The molecule has 0 aliphatic carbocycles. The summed E-state index contributed by atoms with van der Waals surface area (Å²) in [5.41, 5.74) is 3.14. The molecule has 0 aliphatic rings. The molecule has 0 spiro atoms. The Morgan fingerprint density at radius 2 is 1.69 bits per heavy atom. The number of nitrogens with zero attached hydrogens (tertiary/aromatic N) is 2. The van der Waals surface area contributed by atoms with E-state index in [-0.39, 0.29) is 0 Å². The van der Waals surface area contributed by atoms with Gasteiger partial charge in [0, 0.05) is 23.3 Å². The summed E-state index contributed by atoms with van der Waals surface area (Å²) < 4.78 is 0. The molecule has 0 radical (unpaired) electrons. The van der Waals surface area contributed by atoms with Crippen LogP contribution in [0.2, 0.25) is 0 Å². The van der Waals surface area contributed by atoms with Crippen LogP contribution < -0.4 is 0 Å². The first-order valence-corrected chi connectivity index (χ1v) is 5.20. The van der Waals surface area contributed by atoms with Crippen molar-refractivity contribution in [2.75, 3.05) is 0 Å². The van der Waals surface area contributed by atoms with Crippen LogP contribution in [0.4, 0.5) is 0 Å². The van der Waals surface area contributed by atoms with Gasteiger partial charge in [0.2, 0.25) is 0 Å². The highest BCUT2D eigenvalue weighted by Crippen LogP contribution is 2.21. The standard InChI is InChI=1S/C14H10N2/c1-2-8-15-13(5-1)12-6-7-14-11(10-12)4-3-9-16-14/h1-10H. The van der Waals surface area contributed by atoms with Gasteiger partial charge in [0.1, 0.15) is 0 Å². The van der Waals surface area contributed by atoms with E-state index in [1.54, 1.807) is 0 Å². The van der Waals surface area contributed by atoms with E-state index >= 15 is 0 Å². The molecule has 0 saturated heterocycles. The average molecular weight is 206 g/mol. The highest BCUT2D eigenvalue weighted by Gasteiger charge is 1.99. The van der Waals surface area contributed by atoms with Gasteiger partial charge in [0.15, 0.2) is 0 Å². The van der Waals surface area contributed by atoms with Crippen LogP contribution in [0.3, 0.4) is 0 Å². The summed E-state index contributed by atoms with van der Waals surface area (Å²) in [6, 6.07) is 16.1. The van der Waals surface area contributed by atoms with Crippen LogP contribution in [0, 0.1) is 0 Å². The predicted molar refractivity (Wildman–Crippen MR) is 65.0 cm³/mol. The Morgan fingerprint density at radius 3 is 2.56 bits per heavy atom. The maximum Gasteiger partial charge on any atom is 0.0702 e. The zero-order valence-corrected chi connectivity index (χ0v) is 8.67. The van der Waals surface area contributed by atoms with Gasteiger partial charge in [-0.25, -0.2) is 0 Å². The number of hydrogen-bond acceptors (Lipinski definition) is 2. The van der Waals surface area contributed by atoms with Crippen molar-refractivity contribution >= 4 is 10.9 Å².